The summed E-state index contributed by atoms with van der Waals surface area (Å²) in [4.78, 5) is 0.274. The number of hydrogen-bond donors (Lipinski definition) is 2. The molecule has 5 nitrogen and oxygen atoms in total. The van der Waals surface area contributed by atoms with Crippen molar-refractivity contribution in [1.82, 2.24) is 4.72 Å². The quantitative estimate of drug-likeness (QED) is 0.830. The predicted octanol–water partition coefficient (Wildman–Crippen LogP) is 1.29. The van der Waals surface area contributed by atoms with E-state index in [9.17, 15) is 13.5 Å². The molecule has 0 aliphatic carbocycles. The highest BCUT2D eigenvalue weighted by Crippen LogP contribution is 2.21. The zero-order valence-corrected chi connectivity index (χ0v) is 13.5. The summed E-state index contributed by atoms with van der Waals surface area (Å²) in [5.41, 5.74) is 1.17. The Kier molecular flexibility index (Phi) is 5.32. The van der Waals surface area contributed by atoms with Gasteiger partial charge in [0.1, 0.15) is 0 Å². The summed E-state index contributed by atoms with van der Waals surface area (Å²) in [6.45, 7) is 6.93. The van der Waals surface area contributed by atoms with Crippen LogP contribution in [0, 0.1) is 20.8 Å². The first-order chi connectivity index (χ1) is 9.09. The van der Waals surface area contributed by atoms with Gasteiger partial charge in [0.15, 0.2) is 0 Å². The number of nitrogens with one attached hydrogen (secondary N) is 1. The van der Waals surface area contributed by atoms with Gasteiger partial charge < -0.3 is 9.84 Å². The van der Waals surface area contributed by atoms with Crippen LogP contribution in [0.5, 0.6) is 0 Å². The zero-order valence-electron chi connectivity index (χ0n) is 12.6. The Balaban J connectivity index is 3.01. The fourth-order valence-corrected chi connectivity index (χ4v) is 3.89. The molecule has 0 bridgehead atoms. The lowest BCUT2D eigenvalue weighted by Crippen LogP contribution is -2.43. The minimum atomic E-state index is -3.66. The molecule has 6 heteroatoms. The molecule has 0 aliphatic heterocycles. The Bertz CT molecular complexity index is 556. The van der Waals surface area contributed by atoms with Crippen molar-refractivity contribution < 1.29 is 18.3 Å². The molecule has 2 N–H and O–H groups in total. The molecule has 0 aromatic heterocycles. The molecular formula is C14H23NO4S. The van der Waals surface area contributed by atoms with E-state index >= 15 is 0 Å². The van der Waals surface area contributed by atoms with E-state index in [0.29, 0.717) is 11.1 Å². The second-order valence-electron chi connectivity index (χ2n) is 5.48. The molecule has 0 fully saturated rings. The number of benzene rings is 1. The Morgan fingerprint density at radius 2 is 1.75 bits per heavy atom. The first-order valence-electron chi connectivity index (χ1n) is 6.38. The lowest BCUT2D eigenvalue weighted by atomic mass is 10.1. The number of hydrogen-bond acceptors (Lipinski definition) is 4. The van der Waals surface area contributed by atoms with E-state index in [2.05, 4.69) is 4.72 Å². The van der Waals surface area contributed by atoms with E-state index in [-0.39, 0.29) is 18.0 Å². The lowest BCUT2D eigenvalue weighted by molar-refractivity contribution is -0.0119. The minimum Gasteiger partial charge on any atom is -0.386 e. The van der Waals surface area contributed by atoms with Gasteiger partial charge in [0, 0.05) is 13.7 Å². The van der Waals surface area contributed by atoms with Crippen molar-refractivity contribution >= 4 is 10.0 Å². The van der Waals surface area contributed by atoms with Crippen LogP contribution in [0.4, 0.5) is 0 Å². The monoisotopic (exact) mass is 301 g/mol. The van der Waals surface area contributed by atoms with Crippen molar-refractivity contribution in [1.29, 1.82) is 0 Å². The van der Waals surface area contributed by atoms with Gasteiger partial charge in [0.25, 0.3) is 0 Å². The van der Waals surface area contributed by atoms with Crippen LogP contribution in [-0.4, -0.2) is 39.4 Å². The first-order valence-corrected chi connectivity index (χ1v) is 7.86. The van der Waals surface area contributed by atoms with Crippen molar-refractivity contribution in [3.63, 3.8) is 0 Å². The number of aliphatic hydroxyl groups is 1. The summed E-state index contributed by atoms with van der Waals surface area (Å²) in [5.74, 6) is 0. The van der Waals surface area contributed by atoms with Gasteiger partial charge in [0.05, 0.1) is 17.1 Å². The normalized spacial score (nSPS) is 15.1. The van der Waals surface area contributed by atoms with Crippen molar-refractivity contribution in [2.24, 2.45) is 0 Å². The van der Waals surface area contributed by atoms with Gasteiger partial charge in [-0.1, -0.05) is 17.7 Å². The maximum absolute atomic E-state index is 12.4. The smallest absolute Gasteiger partial charge is 0.241 e. The molecule has 114 valence electrons. The second-order valence-corrected chi connectivity index (χ2v) is 7.19. The molecule has 1 aromatic rings. The maximum Gasteiger partial charge on any atom is 0.241 e. The molecular weight excluding hydrogens is 278 g/mol. The number of methoxy groups -OCH3 is 1. The number of ether oxygens (including phenoxy) is 1. The maximum atomic E-state index is 12.4. The fraction of sp³-hybridized carbons (Fsp3) is 0.571. The van der Waals surface area contributed by atoms with E-state index in [1.165, 1.54) is 14.0 Å². The molecule has 1 aromatic carbocycles. The van der Waals surface area contributed by atoms with Gasteiger partial charge in [-0.15, -0.1) is 0 Å². The fourth-order valence-electron chi connectivity index (χ4n) is 2.28. The van der Waals surface area contributed by atoms with Gasteiger partial charge in [-0.2, -0.15) is 0 Å². The number of rotatable bonds is 6. The summed E-state index contributed by atoms with van der Waals surface area (Å²) in [6.07, 6.45) is 0. The molecule has 0 heterocycles. The Morgan fingerprint density at radius 3 is 2.20 bits per heavy atom. The standard InChI is InChI=1S/C14H23NO4S/c1-10-6-11(2)13(12(3)7-10)20(17,18)15-8-14(4,16)9-19-5/h6-7,15-16H,8-9H2,1-5H3. The van der Waals surface area contributed by atoms with Crippen LogP contribution in [0.25, 0.3) is 0 Å². The minimum absolute atomic E-state index is 0.0569. The van der Waals surface area contributed by atoms with Crippen LogP contribution in [0.3, 0.4) is 0 Å². The third-order valence-electron chi connectivity index (χ3n) is 2.97. The highest BCUT2D eigenvalue weighted by molar-refractivity contribution is 7.89. The van der Waals surface area contributed by atoms with Crippen LogP contribution in [0.1, 0.15) is 23.6 Å². The topological polar surface area (TPSA) is 75.6 Å². The summed E-state index contributed by atoms with van der Waals surface area (Å²) in [6, 6.07) is 3.66. The van der Waals surface area contributed by atoms with E-state index in [1.807, 2.05) is 19.1 Å². The van der Waals surface area contributed by atoms with Crippen LogP contribution in [-0.2, 0) is 14.8 Å². The molecule has 0 spiro atoms. The lowest BCUT2D eigenvalue weighted by Gasteiger charge is -2.23. The van der Waals surface area contributed by atoms with Crippen molar-refractivity contribution in [2.45, 2.75) is 38.2 Å². The molecule has 1 rings (SSSR count). The molecule has 20 heavy (non-hydrogen) atoms. The van der Waals surface area contributed by atoms with Crippen molar-refractivity contribution in [3.8, 4) is 0 Å². The Hall–Kier alpha value is -0.950. The molecule has 0 aliphatic rings. The molecule has 0 saturated heterocycles. The molecule has 0 radical (unpaired) electrons. The van der Waals surface area contributed by atoms with Gasteiger partial charge >= 0.3 is 0 Å². The van der Waals surface area contributed by atoms with Gasteiger partial charge in [-0.05, 0) is 38.8 Å². The summed E-state index contributed by atoms with van der Waals surface area (Å²) in [7, 11) is -2.20. The highest BCUT2D eigenvalue weighted by Gasteiger charge is 2.26. The van der Waals surface area contributed by atoms with Gasteiger partial charge in [-0.25, -0.2) is 13.1 Å². The summed E-state index contributed by atoms with van der Waals surface area (Å²) < 4.78 is 32.0. The van der Waals surface area contributed by atoms with E-state index in [4.69, 9.17) is 4.74 Å². The van der Waals surface area contributed by atoms with Gasteiger partial charge in [-0.3, -0.25) is 0 Å². The van der Waals surface area contributed by atoms with Crippen LogP contribution < -0.4 is 4.72 Å². The van der Waals surface area contributed by atoms with E-state index < -0.39 is 15.6 Å². The highest BCUT2D eigenvalue weighted by atomic mass is 32.2. The van der Waals surface area contributed by atoms with Crippen molar-refractivity contribution in [2.75, 3.05) is 20.3 Å². The van der Waals surface area contributed by atoms with Crippen LogP contribution in [0.2, 0.25) is 0 Å². The average Bonchev–Trinajstić information content (AvgIpc) is 2.24. The Labute approximate surface area is 121 Å². The number of aryl methyl sites for hydroxylation is 3. The van der Waals surface area contributed by atoms with E-state index in [0.717, 1.165) is 5.56 Å². The Morgan fingerprint density at radius 1 is 1.25 bits per heavy atom. The van der Waals surface area contributed by atoms with E-state index in [1.54, 1.807) is 13.8 Å². The third kappa shape index (κ3) is 4.28. The average molecular weight is 301 g/mol. The summed E-state index contributed by atoms with van der Waals surface area (Å²) >= 11 is 0. The second kappa shape index (κ2) is 6.22. The largest absolute Gasteiger partial charge is 0.386 e. The molecule has 0 saturated carbocycles. The van der Waals surface area contributed by atoms with Gasteiger partial charge in [0.2, 0.25) is 10.0 Å². The van der Waals surface area contributed by atoms with Crippen molar-refractivity contribution in [3.05, 3.63) is 28.8 Å². The molecule has 0 amide bonds. The van der Waals surface area contributed by atoms with Crippen LogP contribution >= 0.6 is 0 Å². The number of sulfonamides is 1. The molecule has 1 atom stereocenters. The SMILES string of the molecule is COCC(C)(O)CNS(=O)(=O)c1c(C)cc(C)cc1C. The third-order valence-corrected chi connectivity index (χ3v) is 4.68. The predicted molar refractivity (Wildman–Crippen MR) is 78.3 cm³/mol. The first kappa shape index (κ1) is 17.1. The zero-order chi connectivity index (χ0) is 15.6. The molecule has 1 unspecified atom stereocenters. The summed E-state index contributed by atoms with van der Waals surface area (Å²) in [5, 5.41) is 9.96. The van der Waals surface area contributed by atoms with Crippen LogP contribution in [0.15, 0.2) is 17.0 Å².